The quantitative estimate of drug-likeness (QED) is 0.723. The van der Waals surface area contributed by atoms with Gasteiger partial charge in [0.05, 0.1) is 12.8 Å². The molecule has 1 amide bonds. The highest BCUT2D eigenvalue weighted by Gasteiger charge is 2.24. The number of carbonyl (C=O) groups excluding carboxylic acids is 1. The first-order chi connectivity index (χ1) is 10.2. The molecule has 0 saturated heterocycles. The molecule has 2 rings (SSSR count). The summed E-state index contributed by atoms with van der Waals surface area (Å²) in [5.74, 6) is 1.11. The lowest BCUT2D eigenvalue weighted by Gasteiger charge is -2.30. The lowest BCUT2D eigenvalue weighted by Crippen LogP contribution is -2.35. The van der Waals surface area contributed by atoms with Crippen LogP contribution >= 0.6 is 0 Å². The molecule has 0 radical (unpaired) electrons. The second-order valence-corrected chi connectivity index (χ2v) is 5.65. The van der Waals surface area contributed by atoms with Gasteiger partial charge in [-0.05, 0) is 42.9 Å². The number of benzene rings is 1. The van der Waals surface area contributed by atoms with E-state index in [4.69, 9.17) is 10.5 Å². The van der Waals surface area contributed by atoms with Crippen LogP contribution in [0.1, 0.15) is 36.0 Å². The number of carbonyl (C=O) groups is 1. The molecule has 116 valence electrons. The molecule has 1 aliphatic rings. The van der Waals surface area contributed by atoms with Crippen LogP contribution in [0.15, 0.2) is 18.2 Å². The largest absolute Gasteiger partial charge is 0.495 e. The fourth-order valence-electron chi connectivity index (χ4n) is 2.99. The van der Waals surface area contributed by atoms with Crippen molar-refractivity contribution in [2.24, 2.45) is 11.8 Å². The third kappa shape index (κ3) is 3.88. The Morgan fingerprint density at radius 3 is 2.71 bits per heavy atom. The average molecular weight is 292 g/mol. The van der Waals surface area contributed by atoms with Crippen molar-refractivity contribution in [1.82, 2.24) is 5.32 Å². The minimum Gasteiger partial charge on any atom is -0.495 e. The third-order valence-corrected chi connectivity index (χ3v) is 4.32. The number of nitrogens with one attached hydrogen (secondary N) is 1. The Labute approximate surface area is 125 Å². The molecule has 2 unspecified atom stereocenters. The van der Waals surface area contributed by atoms with Gasteiger partial charge in [0.15, 0.2) is 0 Å². The Kier molecular flexibility index (Phi) is 5.44. The molecule has 5 heteroatoms. The topological polar surface area (TPSA) is 84.6 Å². The van der Waals surface area contributed by atoms with Gasteiger partial charge in [-0.2, -0.15) is 0 Å². The monoisotopic (exact) mass is 292 g/mol. The predicted octanol–water partition coefficient (Wildman–Crippen LogP) is 1.81. The summed E-state index contributed by atoms with van der Waals surface area (Å²) in [6, 6.07) is 5.02. The van der Waals surface area contributed by atoms with E-state index in [9.17, 15) is 9.90 Å². The molecule has 1 aromatic carbocycles. The van der Waals surface area contributed by atoms with Crippen molar-refractivity contribution in [3.63, 3.8) is 0 Å². The molecular formula is C16H24N2O3. The van der Waals surface area contributed by atoms with Crippen LogP contribution in [0, 0.1) is 11.8 Å². The molecule has 21 heavy (non-hydrogen) atoms. The molecule has 0 spiro atoms. The lowest BCUT2D eigenvalue weighted by molar-refractivity contribution is 0.0909. The lowest BCUT2D eigenvalue weighted by atomic mass is 9.79. The summed E-state index contributed by atoms with van der Waals surface area (Å²) in [4.78, 5) is 12.2. The van der Waals surface area contributed by atoms with Gasteiger partial charge in [-0.15, -0.1) is 0 Å². The fourth-order valence-corrected chi connectivity index (χ4v) is 2.99. The summed E-state index contributed by atoms with van der Waals surface area (Å²) in [7, 11) is 1.55. The Hall–Kier alpha value is -1.75. The van der Waals surface area contributed by atoms with Crippen LogP contribution in [-0.2, 0) is 0 Å². The zero-order valence-corrected chi connectivity index (χ0v) is 12.5. The van der Waals surface area contributed by atoms with Crippen LogP contribution < -0.4 is 15.8 Å². The van der Waals surface area contributed by atoms with Crippen molar-refractivity contribution >= 4 is 11.6 Å². The Morgan fingerprint density at radius 1 is 1.38 bits per heavy atom. The summed E-state index contributed by atoms with van der Waals surface area (Å²) < 4.78 is 5.08. The standard InChI is InChI=1S/C16H24N2O3/c1-21-15-7-6-11(8-14(15)17)16(20)18-9-12-4-2-3-5-13(12)10-19/h6-8,12-13,19H,2-5,9-10,17H2,1H3,(H,18,20). The summed E-state index contributed by atoms with van der Waals surface area (Å²) in [6.45, 7) is 0.812. The van der Waals surface area contributed by atoms with E-state index in [1.54, 1.807) is 25.3 Å². The Bertz CT molecular complexity index is 490. The van der Waals surface area contributed by atoms with Gasteiger partial charge >= 0.3 is 0 Å². The molecule has 4 N–H and O–H groups in total. The zero-order valence-electron chi connectivity index (χ0n) is 12.5. The number of aliphatic hydroxyl groups excluding tert-OH is 1. The third-order valence-electron chi connectivity index (χ3n) is 4.32. The van der Waals surface area contributed by atoms with E-state index < -0.39 is 0 Å². The van der Waals surface area contributed by atoms with Crippen molar-refractivity contribution in [3.05, 3.63) is 23.8 Å². The summed E-state index contributed by atoms with van der Waals surface area (Å²) in [5, 5.41) is 12.3. The number of anilines is 1. The SMILES string of the molecule is COc1ccc(C(=O)NCC2CCCCC2CO)cc1N. The molecule has 0 heterocycles. The first-order valence-electron chi connectivity index (χ1n) is 7.48. The normalized spacial score (nSPS) is 21.8. The molecular weight excluding hydrogens is 268 g/mol. The van der Waals surface area contributed by atoms with Gasteiger partial charge in [0.2, 0.25) is 0 Å². The van der Waals surface area contributed by atoms with Gasteiger partial charge in [-0.3, -0.25) is 4.79 Å². The second kappa shape index (κ2) is 7.31. The van der Waals surface area contributed by atoms with Gasteiger partial charge < -0.3 is 20.9 Å². The number of ether oxygens (including phenoxy) is 1. The van der Waals surface area contributed by atoms with Gasteiger partial charge in [0, 0.05) is 18.7 Å². The minimum atomic E-state index is -0.133. The first-order valence-corrected chi connectivity index (χ1v) is 7.48. The number of methoxy groups -OCH3 is 1. The number of amides is 1. The van der Waals surface area contributed by atoms with Crippen LogP contribution in [-0.4, -0.2) is 31.3 Å². The van der Waals surface area contributed by atoms with E-state index in [2.05, 4.69) is 5.32 Å². The van der Waals surface area contributed by atoms with Crippen LogP contribution in [0.2, 0.25) is 0 Å². The Balaban J connectivity index is 1.93. The van der Waals surface area contributed by atoms with Gasteiger partial charge in [0.1, 0.15) is 5.75 Å². The van der Waals surface area contributed by atoms with Crippen LogP contribution in [0.3, 0.4) is 0 Å². The molecule has 0 aromatic heterocycles. The highest BCUT2D eigenvalue weighted by molar-refractivity contribution is 5.95. The zero-order chi connectivity index (χ0) is 15.2. The van der Waals surface area contributed by atoms with Gasteiger partial charge in [-0.25, -0.2) is 0 Å². The molecule has 1 aromatic rings. The highest BCUT2D eigenvalue weighted by atomic mass is 16.5. The average Bonchev–Trinajstić information content (AvgIpc) is 2.52. The maximum atomic E-state index is 12.2. The van der Waals surface area contributed by atoms with E-state index in [1.165, 1.54) is 12.8 Å². The van der Waals surface area contributed by atoms with E-state index in [-0.39, 0.29) is 12.5 Å². The number of hydrogen-bond acceptors (Lipinski definition) is 4. The second-order valence-electron chi connectivity index (χ2n) is 5.65. The van der Waals surface area contributed by atoms with Crippen LogP contribution in [0.25, 0.3) is 0 Å². The number of nitrogen functional groups attached to an aromatic ring is 1. The van der Waals surface area contributed by atoms with E-state index in [0.717, 1.165) is 12.8 Å². The summed E-state index contributed by atoms with van der Waals surface area (Å²) in [5.41, 5.74) is 6.80. The van der Waals surface area contributed by atoms with Crippen molar-refractivity contribution in [2.45, 2.75) is 25.7 Å². The number of aliphatic hydroxyl groups is 1. The summed E-state index contributed by atoms with van der Waals surface area (Å²) in [6.07, 6.45) is 4.46. The molecule has 2 atom stereocenters. The van der Waals surface area contributed by atoms with Crippen molar-refractivity contribution in [3.8, 4) is 5.75 Å². The van der Waals surface area contributed by atoms with E-state index in [0.29, 0.717) is 35.4 Å². The van der Waals surface area contributed by atoms with Gasteiger partial charge in [-0.1, -0.05) is 12.8 Å². The molecule has 1 aliphatic carbocycles. The van der Waals surface area contributed by atoms with E-state index >= 15 is 0 Å². The molecule has 1 fully saturated rings. The van der Waals surface area contributed by atoms with Crippen LogP contribution in [0.5, 0.6) is 5.75 Å². The molecule has 5 nitrogen and oxygen atoms in total. The van der Waals surface area contributed by atoms with E-state index in [1.807, 2.05) is 0 Å². The molecule has 0 bridgehead atoms. The van der Waals surface area contributed by atoms with Gasteiger partial charge in [0.25, 0.3) is 5.91 Å². The first kappa shape index (κ1) is 15.6. The number of rotatable bonds is 5. The van der Waals surface area contributed by atoms with Crippen molar-refractivity contribution in [2.75, 3.05) is 26.0 Å². The molecule has 0 aliphatic heterocycles. The number of nitrogens with two attached hydrogens (primary N) is 1. The molecule has 1 saturated carbocycles. The maximum absolute atomic E-state index is 12.2. The maximum Gasteiger partial charge on any atom is 0.251 e. The smallest absolute Gasteiger partial charge is 0.251 e. The number of hydrogen-bond donors (Lipinski definition) is 3. The Morgan fingerprint density at radius 2 is 2.10 bits per heavy atom. The summed E-state index contributed by atoms with van der Waals surface area (Å²) >= 11 is 0. The predicted molar refractivity (Wildman–Crippen MR) is 82.3 cm³/mol. The highest BCUT2D eigenvalue weighted by Crippen LogP contribution is 2.29. The fraction of sp³-hybridized carbons (Fsp3) is 0.562. The van der Waals surface area contributed by atoms with Crippen LogP contribution in [0.4, 0.5) is 5.69 Å². The van der Waals surface area contributed by atoms with Crippen molar-refractivity contribution < 1.29 is 14.6 Å². The van der Waals surface area contributed by atoms with Crippen molar-refractivity contribution in [1.29, 1.82) is 0 Å². The minimum absolute atomic E-state index is 0.133.